The van der Waals surface area contributed by atoms with E-state index in [0.717, 1.165) is 11.3 Å². The number of carbonyl (C=O) groups excluding carboxylic acids is 2. The van der Waals surface area contributed by atoms with E-state index in [1.165, 1.54) is 0 Å². The Morgan fingerprint density at radius 1 is 1.26 bits per heavy atom. The minimum Gasteiger partial charge on any atom is -0.484 e. The van der Waals surface area contributed by atoms with Crippen molar-refractivity contribution in [3.05, 3.63) is 41.6 Å². The summed E-state index contributed by atoms with van der Waals surface area (Å²) in [5, 5.41) is 9.83. The molecule has 2 heterocycles. The number of aromatic nitrogens is 2. The van der Waals surface area contributed by atoms with Crippen LogP contribution in [0, 0.1) is 0 Å². The summed E-state index contributed by atoms with van der Waals surface area (Å²) in [5.74, 6) is 0.822. The summed E-state index contributed by atoms with van der Waals surface area (Å²) in [6.45, 7) is 6.28. The third-order valence-electron chi connectivity index (χ3n) is 3.96. The van der Waals surface area contributed by atoms with Gasteiger partial charge >= 0.3 is 6.09 Å². The van der Waals surface area contributed by atoms with Crippen LogP contribution in [-0.2, 0) is 22.5 Å². The van der Waals surface area contributed by atoms with Gasteiger partial charge in [0, 0.05) is 12.1 Å². The first-order valence-electron chi connectivity index (χ1n) is 8.83. The Balaban J connectivity index is 1.56. The molecule has 0 radical (unpaired) electrons. The first kappa shape index (κ1) is 18.8. The van der Waals surface area contributed by atoms with Crippen molar-refractivity contribution in [1.29, 1.82) is 0 Å². The van der Waals surface area contributed by atoms with Gasteiger partial charge in [0.2, 0.25) is 0 Å². The molecule has 8 nitrogen and oxygen atoms in total. The number of anilines is 1. The van der Waals surface area contributed by atoms with Crippen molar-refractivity contribution < 1.29 is 19.1 Å². The maximum absolute atomic E-state index is 12.2. The minimum atomic E-state index is -0.538. The molecule has 1 aromatic carbocycles. The number of aromatic amines is 1. The molecule has 0 saturated heterocycles. The SMILES string of the molecule is CC(C)(C)OC(=O)N1CCc2c(NC(=O)COc3ccccc3)n[nH]c2C1. The number of carbonyl (C=O) groups is 2. The third kappa shape index (κ3) is 4.99. The van der Waals surface area contributed by atoms with Gasteiger partial charge in [0.05, 0.1) is 12.2 Å². The Labute approximate surface area is 157 Å². The van der Waals surface area contributed by atoms with E-state index >= 15 is 0 Å². The monoisotopic (exact) mass is 372 g/mol. The molecule has 1 aliphatic heterocycles. The second kappa shape index (κ2) is 7.69. The van der Waals surface area contributed by atoms with Crippen LogP contribution in [0.1, 0.15) is 32.0 Å². The standard InChI is InChI=1S/C19H24N4O4/c1-19(2,3)27-18(25)23-10-9-14-15(11-23)21-22-17(14)20-16(24)12-26-13-7-5-4-6-8-13/h4-8H,9-12H2,1-3H3,(H2,20,21,22,24). The number of nitrogens with one attached hydrogen (secondary N) is 2. The molecule has 0 bridgehead atoms. The summed E-state index contributed by atoms with van der Waals surface area (Å²) >= 11 is 0. The lowest BCUT2D eigenvalue weighted by Crippen LogP contribution is -2.40. The zero-order valence-corrected chi connectivity index (χ0v) is 15.7. The number of fused-ring (bicyclic) bond motifs is 1. The van der Waals surface area contributed by atoms with Gasteiger partial charge in [0.25, 0.3) is 5.91 Å². The number of ether oxygens (including phenoxy) is 2. The highest BCUT2D eigenvalue weighted by atomic mass is 16.6. The molecule has 3 rings (SSSR count). The lowest BCUT2D eigenvalue weighted by molar-refractivity contribution is -0.118. The molecule has 2 N–H and O–H groups in total. The molecule has 0 fully saturated rings. The maximum atomic E-state index is 12.2. The third-order valence-corrected chi connectivity index (χ3v) is 3.96. The normalized spacial score (nSPS) is 13.7. The molecule has 8 heteroatoms. The number of benzene rings is 1. The summed E-state index contributed by atoms with van der Waals surface area (Å²) < 4.78 is 10.8. The molecule has 1 aromatic heterocycles. The van der Waals surface area contributed by atoms with E-state index < -0.39 is 5.60 Å². The molecule has 27 heavy (non-hydrogen) atoms. The van der Waals surface area contributed by atoms with Gasteiger partial charge in [-0.15, -0.1) is 0 Å². The van der Waals surface area contributed by atoms with Crippen LogP contribution in [0.2, 0.25) is 0 Å². The average molecular weight is 372 g/mol. The molecular weight excluding hydrogens is 348 g/mol. The van der Waals surface area contributed by atoms with Gasteiger partial charge in [-0.1, -0.05) is 18.2 Å². The van der Waals surface area contributed by atoms with Crippen LogP contribution < -0.4 is 10.1 Å². The van der Waals surface area contributed by atoms with E-state index in [1.54, 1.807) is 17.0 Å². The van der Waals surface area contributed by atoms with Crippen molar-refractivity contribution in [2.24, 2.45) is 0 Å². The molecule has 1 aliphatic rings. The highest BCUT2D eigenvalue weighted by Gasteiger charge is 2.28. The van der Waals surface area contributed by atoms with Gasteiger partial charge in [0.15, 0.2) is 12.4 Å². The van der Waals surface area contributed by atoms with Crippen LogP contribution in [0.3, 0.4) is 0 Å². The van der Waals surface area contributed by atoms with Gasteiger partial charge in [-0.3, -0.25) is 9.89 Å². The van der Waals surface area contributed by atoms with E-state index in [2.05, 4.69) is 15.5 Å². The summed E-state index contributed by atoms with van der Waals surface area (Å²) in [6, 6.07) is 9.13. The second-order valence-electron chi connectivity index (χ2n) is 7.33. The Kier molecular flexibility index (Phi) is 5.34. The lowest BCUT2D eigenvalue weighted by atomic mass is 10.1. The first-order chi connectivity index (χ1) is 12.8. The summed E-state index contributed by atoms with van der Waals surface area (Å²) in [5.41, 5.74) is 1.16. The van der Waals surface area contributed by atoms with Crippen molar-refractivity contribution in [2.45, 2.75) is 39.3 Å². The van der Waals surface area contributed by atoms with Gasteiger partial charge < -0.3 is 19.7 Å². The van der Waals surface area contributed by atoms with Crippen molar-refractivity contribution in [1.82, 2.24) is 15.1 Å². The molecule has 0 unspecified atom stereocenters. The molecule has 0 atom stereocenters. The van der Waals surface area contributed by atoms with Gasteiger partial charge in [-0.05, 0) is 39.3 Å². The summed E-state index contributed by atoms with van der Waals surface area (Å²) in [7, 11) is 0. The fourth-order valence-corrected chi connectivity index (χ4v) is 2.74. The first-order valence-corrected chi connectivity index (χ1v) is 8.83. The molecular formula is C19H24N4O4. The highest BCUT2D eigenvalue weighted by Crippen LogP contribution is 2.25. The number of hydrogen-bond acceptors (Lipinski definition) is 5. The van der Waals surface area contributed by atoms with E-state index in [4.69, 9.17) is 9.47 Å². The number of hydrogen-bond donors (Lipinski definition) is 2. The van der Waals surface area contributed by atoms with E-state index in [0.29, 0.717) is 31.1 Å². The predicted octanol–water partition coefficient (Wildman–Crippen LogP) is 2.72. The number of H-pyrrole nitrogens is 1. The van der Waals surface area contributed by atoms with Gasteiger partial charge in [-0.25, -0.2) is 4.79 Å². The molecule has 0 saturated carbocycles. The largest absolute Gasteiger partial charge is 0.484 e. The maximum Gasteiger partial charge on any atom is 0.410 e. The van der Waals surface area contributed by atoms with Crippen LogP contribution in [0.4, 0.5) is 10.6 Å². The molecule has 2 aromatic rings. The number of amides is 2. The van der Waals surface area contributed by atoms with Crippen molar-refractivity contribution in [3.8, 4) is 5.75 Å². The quantitative estimate of drug-likeness (QED) is 0.860. The van der Waals surface area contributed by atoms with Crippen LogP contribution >= 0.6 is 0 Å². The average Bonchev–Trinajstić information content (AvgIpc) is 3.01. The van der Waals surface area contributed by atoms with Crippen LogP contribution in [0.25, 0.3) is 0 Å². The Bertz CT molecular complexity index is 811. The summed E-state index contributed by atoms with van der Waals surface area (Å²) in [6.07, 6.45) is 0.227. The Morgan fingerprint density at radius 2 is 2.00 bits per heavy atom. The van der Waals surface area contributed by atoms with Crippen LogP contribution in [0.5, 0.6) is 5.75 Å². The summed E-state index contributed by atoms with van der Waals surface area (Å²) in [4.78, 5) is 26.0. The smallest absolute Gasteiger partial charge is 0.410 e. The van der Waals surface area contributed by atoms with Crippen LogP contribution in [-0.4, -0.2) is 45.9 Å². The van der Waals surface area contributed by atoms with E-state index in [9.17, 15) is 9.59 Å². The van der Waals surface area contributed by atoms with E-state index in [1.807, 2.05) is 39.0 Å². The molecule has 144 valence electrons. The van der Waals surface area contributed by atoms with Crippen molar-refractivity contribution in [2.75, 3.05) is 18.5 Å². The number of rotatable bonds is 4. The fourth-order valence-electron chi connectivity index (χ4n) is 2.74. The van der Waals surface area contributed by atoms with Gasteiger partial charge in [0.1, 0.15) is 11.4 Å². The Hall–Kier alpha value is -3.03. The zero-order chi connectivity index (χ0) is 19.4. The predicted molar refractivity (Wildman–Crippen MR) is 99.5 cm³/mol. The van der Waals surface area contributed by atoms with E-state index in [-0.39, 0.29) is 18.6 Å². The molecule has 2 amide bonds. The second-order valence-corrected chi connectivity index (χ2v) is 7.33. The fraction of sp³-hybridized carbons (Fsp3) is 0.421. The molecule has 0 aliphatic carbocycles. The van der Waals surface area contributed by atoms with Crippen molar-refractivity contribution in [3.63, 3.8) is 0 Å². The highest BCUT2D eigenvalue weighted by molar-refractivity contribution is 5.91. The topological polar surface area (TPSA) is 96.6 Å². The zero-order valence-electron chi connectivity index (χ0n) is 15.7. The van der Waals surface area contributed by atoms with Gasteiger partial charge in [-0.2, -0.15) is 5.10 Å². The minimum absolute atomic E-state index is 0.102. The Morgan fingerprint density at radius 3 is 2.70 bits per heavy atom. The number of para-hydroxylation sites is 1. The number of nitrogens with zero attached hydrogens (tertiary/aromatic N) is 2. The van der Waals surface area contributed by atoms with Crippen LogP contribution in [0.15, 0.2) is 30.3 Å². The van der Waals surface area contributed by atoms with Crippen molar-refractivity contribution >= 4 is 17.8 Å². The molecule has 0 spiro atoms. The lowest BCUT2D eigenvalue weighted by Gasteiger charge is -2.29.